The molecule has 0 bridgehead atoms. The lowest BCUT2D eigenvalue weighted by Gasteiger charge is -2.18. The molecule has 2 aliphatic rings. The fourth-order valence-electron chi connectivity index (χ4n) is 4.39. The van der Waals surface area contributed by atoms with Crippen LogP contribution >= 0.6 is 0 Å². The number of nitrogens with zero attached hydrogens (tertiary/aromatic N) is 8. The summed E-state index contributed by atoms with van der Waals surface area (Å²) in [5.41, 5.74) is 15.8. The lowest BCUT2D eigenvalue weighted by atomic mass is 10.1. The van der Waals surface area contributed by atoms with Gasteiger partial charge in [-0.2, -0.15) is 0 Å². The van der Waals surface area contributed by atoms with Crippen molar-refractivity contribution < 1.29 is 23.7 Å². The highest BCUT2D eigenvalue weighted by Gasteiger charge is 2.39. The van der Waals surface area contributed by atoms with Crippen LogP contribution in [0.15, 0.2) is 41.8 Å². The Bertz CT molecular complexity index is 1500. The average molecular weight is 560 g/mol. The van der Waals surface area contributed by atoms with E-state index in [4.69, 9.17) is 30.0 Å². The fraction of sp³-hybridized carbons (Fsp3) is 0.571. The SMILES string of the molecule is Cc1cn([C@H]2C[C@H](N=[N+]=[N-])[C@@H](COC(=O)OC[C@H]3O[C@@H](n4cc(C)c(=O)[nH]c4=O)C[C@@H]3N=[N+]=[N-])O2)c(=O)[nH]c1=O. The van der Waals surface area contributed by atoms with Crippen molar-refractivity contribution in [3.05, 3.63) is 86.1 Å². The quantitative estimate of drug-likeness (QED) is 0.200. The number of carbonyl (C=O) groups excluding carboxylic acids is 1. The zero-order valence-corrected chi connectivity index (χ0v) is 21.2. The second kappa shape index (κ2) is 11.9. The van der Waals surface area contributed by atoms with Gasteiger partial charge < -0.3 is 18.9 Å². The molecule has 2 aliphatic heterocycles. The van der Waals surface area contributed by atoms with Gasteiger partial charge in [-0.3, -0.25) is 28.7 Å². The summed E-state index contributed by atoms with van der Waals surface area (Å²) in [4.78, 5) is 69.9. The molecule has 0 unspecified atom stereocenters. The lowest BCUT2D eigenvalue weighted by Crippen LogP contribution is -2.34. The number of aromatic amines is 2. The molecule has 0 radical (unpaired) electrons. The first-order valence-electron chi connectivity index (χ1n) is 11.9. The largest absolute Gasteiger partial charge is 0.508 e. The number of ether oxygens (including phenoxy) is 4. The maximum absolute atomic E-state index is 12.3. The monoisotopic (exact) mass is 560 g/mol. The summed E-state index contributed by atoms with van der Waals surface area (Å²) in [7, 11) is 0. The zero-order valence-electron chi connectivity index (χ0n) is 21.2. The Labute approximate surface area is 222 Å². The normalized spacial score (nSPS) is 25.6. The molecule has 2 saturated heterocycles. The van der Waals surface area contributed by atoms with E-state index in [0.29, 0.717) is 0 Å². The number of hydrogen-bond acceptors (Lipinski definition) is 11. The van der Waals surface area contributed by atoms with Crippen LogP contribution in [-0.2, 0) is 18.9 Å². The second-order valence-electron chi connectivity index (χ2n) is 9.10. The lowest BCUT2D eigenvalue weighted by molar-refractivity contribution is -0.0594. The Morgan fingerprint density at radius 1 is 0.875 bits per heavy atom. The number of aromatic nitrogens is 4. The van der Waals surface area contributed by atoms with Gasteiger partial charge >= 0.3 is 17.5 Å². The van der Waals surface area contributed by atoms with Gasteiger partial charge in [-0.05, 0) is 24.9 Å². The predicted molar refractivity (Wildman–Crippen MR) is 132 cm³/mol. The molecule has 0 saturated carbocycles. The first-order chi connectivity index (χ1) is 19.1. The van der Waals surface area contributed by atoms with Crippen LogP contribution in [0, 0.1) is 13.8 Å². The van der Waals surface area contributed by atoms with Gasteiger partial charge in [0.1, 0.15) is 37.9 Å². The zero-order chi connectivity index (χ0) is 29.0. The van der Waals surface area contributed by atoms with E-state index in [1.165, 1.54) is 26.2 Å². The van der Waals surface area contributed by atoms with Gasteiger partial charge in [0.05, 0.1) is 12.1 Å². The molecular weight excluding hydrogens is 536 g/mol. The third-order valence-electron chi connectivity index (χ3n) is 6.45. The highest BCUT2D eigenvalue weighted by Crippen LogP contribution is 2.32. The van der Waals surface area contributed by atoms with Crippen LogP contribution in [0.4, 0.5) is 4.79 Å². The van der Waals surface area contributed by atoms with Gasteiger partial charge in [-0.1, -0.05) is 10.2 Å². The molecule has 19 heteroatoms. The van der Waals surface area contributed by atoms with Crippen molar-refractivity contribution in [2.75, 3.05) is 13.2 Å². The standard InChI is InChI=1S/C21H24N10O9/c1-9-5-30(19(34)24-17(9)32)15-3-11(26-28-22)13(39-15)7-37-21(36)38-8-14-12(27-29-23)4-16(40-14)31-6-10(2)18(33)25-20(31)35/h5-6,11-16H,3-4,7-8H2,1-2H3,(H,24,32,34)(H,25,33,35)/t11-,12-,13+,14+,15+,16+/m0/s1. The Kier molecular flexibility index (Phi) is 8.40. The van der Waals surface area contributed by atoms with Crippen LogP contribution in [-0.4, -0.2) is 62.8 Å². The van der Waals surface area contributed by atoms with Crippen LogP contribution in [0.5, 0.6) is 0 Å². The fourth-order valence-corrected chi connectivity index (χ4v) is 4.39. The first kappa shape index (κ1) is 28.2. The number of azide groups is 2. The smallest absolute Gasteiger partial charge is 0.432 e. The molecule has 2 aromatic heterocycles. The van der Waals surface area contributed by atoms with E-state index in [2.05, 4.69) is 30.0 Å². The van der Waals surface area contributed by atoms with Crippen LogP contribution in [0.3, 0.4) is 0 Å². The minimum atomic E-state index is -1.13. The number of carbonyl (C=O) groups is 1. The van der Waals surface area contributed by atoms with E-state index in [1.54, 1.807) is 0 Å². The van der Waals surface area contributed by atoms with Crippen molar-refractivity contribution in [2.24, 2.45) is 10.2 Å². The highest BCUT2D eigenvalue weighted by atomic mass is 16.7. The van der Waals surface area contributed by atoms with Crippen molar-refractivity contribution in [1.29, 1.82) is 0 Å². The van der Waals surface area contributed by atoms with Crippen LogP contribution in [0.25, 0.3) is 20.9 Å². The predicted octanol–water partition coefficient (Wildman–Crippen LogP) is 0.790. The van der Waals surface area contributed by atoms with Crippen molar-refractivity contribution in [1.82, 2.24) is 19.1 Å². The number of nitrogens with one attached hydrogen (secondary N) is 2. The van der Waals surface area contributed by atoms with Crippen LogP contribution in [0.2, 0.25) is 0 Å². The number of H-pyrrole nitrogens is 2. The molecule has 0 aliphatic carbocycles. The average Bonchev–Trinajstić information content (AvgIpc) is 3.50. The van der Waals surface area contributed by atoms with Gasteiger partial charge in [0.2, 0.25) is 0 Å². The molecule has 40 heavy (non-hydrogen) atoms. The van der Waals surface area contributed by atoms with Crippen LogP contribution < -0.4 is 22.5 Å². The maximum Gasteiger partial charge on any atom is 0.508 e. The van der Waals surface area contributed by atoms with E-state index in [-0.39, 0.29) is 24.0 Å². The molecule has 0 aromatic carbocycles. The number of hydrogen-bond donors (Lipinski definition) is 2. The summed E-state index contributed by atoms with van der Waals surface area (Å²) < 4.78 is 24.0. The molecule has 2 fully saturated rings. The Hall–Kier alpha value is -4.83. The minimum Gasteiger partial charge on any atom is -0.432 e. The van der Waals surface area contributed by atoms with E-state index in [9.17, 15) is 24.0 Å². The van der Waals surface area contributed by atoms with E-state index in [1.807, 2.05) is 0 Å². The van der Waals surface area contributed by atoms with Crippen molar-refractivity contribution in [3.8, 4) is 0 Å². The molecule has 4 heterocycles. The highest BCUT2D eigenvalue weighted by molar-refractivity contribution is 5.59. The number of rotatable bonds is 8. The molecule has 212 valence electrons. The molecule has 0 spiro atoms. The summed E-state index contributed by atoms with van der Waals surface area (Å²) in [5.74, 6) is 0. The van der Waals surface area contributed by atoms with Crippen molar-refractivity contribution in [3.63, 3.8) is 0 Å². The van der Waals surface area contributed by atoms with Gasteiger partial charge in [0.25, 0.3) is 11.1 Å². The summed E-state index contributed by atoms with van der Waals surface area (Å²) in [5, 5.41) is 7.29. The van der Waals surface area contributed by atoms with Gasteiger partial charge in [0, 0.05) is 46.2 Å². The van der Waals surface area contributed by atoms with Gasteiger partial charge in [0.15, 0.2) is 0 Å². The van der Waals surface area contributed by atoms with Gasteiger partial charge in [-0.15, -0.1) is 0 Å². The minimum absolute atomic E-state index is 0.0767. The molecular formula is C21H24N10O9. The summed E-state index contributed by atoms with van der Waals surface area (Å²) in [6, 6.07) is -1.59. The van der Waals surface area contributed by atoms with Gasteiger partial charge in [-0.25, -0.2) is 14.4 Å². The number of aryl methyl sites for hydroxylation is 2. The first-order valence-corrected chi connectivity index (χ1v) is 11.9. The molecule has 6 atom stereocenters. The third-order valence-corrected chi connectivity index (χ3v) is 6.45. The molecule has 4 rings (SSSR count). The second-order valence-corrected chi connectivity index (χ2v) is 9.10. The van der Waals surface area contributed by atoms with E-state index in [0.717, 1.165) is 9.13 Å². The Balaban J connectivity index is 1.36. The summed E-state index contributed by atoms with van der Waals surface area (Å²) >= 11 is 0. The van der Waals surface area contributed by atoms with E-state index >= 15 is 0 Å². The molecule has 0 amide bonds. The summed E-state index contributed by atoms with van der Waals surface area (Å²) in [6.45, 7) is 2.23. The van der Waals surface area contributed by atoms with Crippen molar-refractivity contribution in [2.45, 2.75) is 63.4 Å². The third kappa shape index (κ3) is 6.08. The molecule has 2 N–H and O–H groups in total. The maximum atomic E-state index is 12.3. The molecule has 2 aromatic rings. The van der Waals surface area contributed by atoms with E-state index < -0.39 is 78.6 Å². The summed E-state index contributed by atoms with van der Waals surface area (Å²) in [6.07, 6.45) is -1.99. The molecule has 19 nitrogen and oxygen atoms in total. The Morgan fingerprint density at radius 2 is 1.27 bits per heavy atom. The van der Waals surface area contributed by atoms with Crippen LogP contribution in [0.1, 0.15) is 36.4 Å². The van der Waals surface area contributed by atoms with Crippen molar-refractivity contribution >= 4 is 6.16 Å². The topological polar surface area (TPSA) is 261 Å². The Morgan fingerprint density at radius 3 is 1.65 bits per heavy atom.